The molecule has 2 rings (SSSR count). The molecular weight excluding hydrogens is 276 g/mol. The lowest BCUT2D eigenvalue weighted by molar-refractivity contribution is 0.0949. The van der Waals surface area contributed by atoms with Gasteiger partial charge in [-0.05, 0) is 37.7 Å². The van der Waals surface area contributed by atoms with Crippen molar-refractivity contribution in [3.63, 3.8) is 0 Å². The van der Waals surface area contributed by atoms with Crippen molar-refractivity contribution < 1.29 is 9.90 Å². The van der Waals surface area contributed by atoms with Crippen molar-refractivity contribution in [1.29, 1.82) is 0 Å². The molecule has 0 radical (unpaired) electrons. The second-order valence-electron chi connectivity index (χ2n) is 5.35. The minimum Gasteiger partial charge on any atom is -0.507 e. The Morgan fingerprint density at radius 2 is 1.77 bits per heavy atom. The molecule has 0 fully saturated rings. The van der Waals surface area contributed by atoms with Crippen LogP contribution in [0.5, 0.6) is 5.75 Å². The van der Waals surface area contributed by atoms with E-state index in [1.807, 2.05) is 18.2 Å². The van der Waals surface area contributed by atoms with Crippen LogP contribution in [0.4, 0.5) is 0 Å². The molecule has 1 amide bonds. The lowest BCUT2D eigenvalue weighted by Crippen LogP contribution is -2.28. The van der Waals surface area contributed by atoms with E-state index in [0.29, 0.717) is 12.1 Å². The molecule has 22 heavy (non-hydrogen) atoms. The van der Waals surface area contributed by atoms with Gasteiger partial charge in [-0.1, -0.05) is 42.5 Å². The van der Waals surface area contributed by atoms with Gasteiger partial charge >= 0.3 is 0 Å². The third-order valence-corrected chi connectivity index (χ3v) is 3.45. The van der Waals surface area contributed by atoms with Crippen LogP contribution in [0.1, 0.15) is 22.3 Å². The minimum atomic E-state index is -0.233. The Hall–Kier alpha value is -2.33. The van der Waals surface area contributed by atoms with Gasteiger partial charge in [0.2, 0.25) is 0 Å². The summed E-state index contributed by atoms with van der Waals surface area (Å²) >= 11 is 0. The summed E-state index contributed by atoms with van der Waals surface area (Å²) in [5.74, 6) is -0.218. The average Bonchev–Trinajstić information content (AvgIpc) is 2.53. The summed E-state index contributed by atoms with van der Waals surface area (Å²) in [7, 11) is 2.07. The number of carbonyl (C=O) groups excluding carboxylic acids is 1. The number of para-hydroxylation sites is 1. The Bertz CT molecular complexity index is 599. The first-order chi connectivity index (χ1) is 10.7. The Morgan fingerprint density at radius 1 is 1.09 bits per heavy atom. The van der Waals surface area contributed by atoms with Gasteiger partial charge in [0, 0.05) is 13.1 Å². The molecule has 0 saturated heterocycles. The molecule has 0 bridgehead atoms. The number of hydrogen-bond acceptors (Lipinski definition) is 3. The zero-order valence-electron chi connectivity index (χ0n) is 12.8. The van der Waals surface area contributed by atoms with Crippen LogP contribution in [0.25, 0.3) is 0 Å². The molecule has 0 unspecified atom stereocenters. The first-order valence-electron chi connectivity index (χ1n) is 7.45. The maximum atomic E-state index is 11.9. The van der Waals surface area contributed by atoms with E-state index in [4.69, 9.17) is 0 Å². The summed E-state index contributed by atoms with van der Waals surface area (Å²) in [6.07, 6.45) is 0.864. The van der Waals surface area contributed by atoms with Gasteiger partial charge < -0.3 is 15.3 Å². The standard InChI is InChI=1S/C18H22N2O2/c1-20(14-15-8-3-2-4-9-15)13-7-12-19-18(22)16-10-5-6-11-17(16)21/h2-6,8-11,21H,7,12-14H2,1H3,(H,19,22). The molecule has 0 atom stereocenters. The summed E-state index contributed by atoms with van der Waals surface area (Å²) < 4.78 is 0. The number of carbonyl (C=O) groups is 1. The molecule has 2 aromatic rings. The highest BCUT2D eigenvalue weighted by Crippen LogP contribution is 2.14. The van der Waals surface area contributed by atoms with E-state index in [-0.39, 0.29) is 11.7 Å². The summed E-state index contributed by atoms with van der Waals surface area (Å²) in [5.41, 5.74) is 1.60. The van der Waals surface area contributed by atoms with Gasteiger partial charge in [0.1, 0.15) is 5.75 Å². The fraction of sp³-hybridized carbons (Fsp3) is 0.278. The van der Waals surface area contributed by atoms with Crippen molar-refractivity contribution in [2.24, 2.45) is 0 Å². The summed E-state index contributed by atoms with van der Waals surface area (Å²) in [4.78, 5) is 14.1. The zero-order chi connectivity index (χ0) is 15.8. The lowest BCUT2D eigenvalue weighted by Gasteiger charge is -2.16. The van der Waals surface area contributed by atoms with Crippen molar-refractivity contribution in [3.8, 4) is 5.75 Å². The van der Waals surface area contributed by atoms with Crippen LogP contribution in [0.2, 0.25) is 0 Å². The fourth-order valence-corrected chi connectivity index (χ4v) is 2.29. The van der Waals surface area contributed by atoms with Crippen molar-refractivity contribution in [3.05, 3.63) is 65.7 Å². The predicted molar refractivity (Wildman–Crippen MR) is 87.8 cm³/mol. The molecule has 2 N–H and O–H groups in total. The Morgan fingerprint density at radius 3 is 2.50 bits per heavy atom. The number of hydrogen-bond donors (Lipinski definition) is 2. The number of phenolic OH excluding ortho intramolecular Hbond substituents is 1. The number of amides is 1. The fourth-order valence-electron chi connectivity index (χ4n) is 2.29. The van der Waals surface area contributed by atoms with Crippen LogP contribution >= 0.6 is 0 Å². The smallest absolute Gasteiger partial charge is 0.255 e. The normalized spacial score (nSPS) is 10.6. The van der Waals surface area contributed by atoms with E-state index in [1.54, 1.807) is 18.2 Å². The van der Waals surface area contributed by atoms with Crippen LogP contribution in [0.15, 0.2) is 54.6 Å². The lowest BCUT2D eigenvalue weighted by atomic mass is 10.2. The molecule has 0 heterocycles. The molecule has 0 aliphatic rings. The van der Waals surface area contributed by atoms with Crippen molar-refractivity contribution in [1.82, 2.24) is 10.2 Å². The van der Waals surface area contributed by atoms with E-state index >= 15 is 0 Å². The van der Waals surface area contributed by atoms with Gasteiger partial charge in [0.25, 0.3) is 5.91 Å². The second-order valence-corrected chi connectivity index (χ2v) is 5.35. The van der Waals surface area contributed by atoms with Crippen LogP contribution in [0, 0.1) is 0 Å². The van der Waals surface area contributed by atoms with Gasteiger partial charge in [-0.15, -0.1) is 0 Å². The quantitative estimate of drug-likeness (QED) is 0.773. The molecule has 4 heteroatoms. The molecule has 0 spiro atoms. The number of benzene rings is 2. The average molecular weight is 298 g/mol. The number of nitrogens with one attached hydrogen (secondary N) is 1. The maximum absolute atomic E-state index is 11.9. The van der Waals surface area contributed by atoms with E-state index in [0.717, 1.165) is 19.5 Å². The summed E-state index contributed by atoms with van der Waals surface area (Å²) in [6.45, 7) is 2.39. The predicted octanol–water partition coefficient (Wildman–Crippen LogP) is 2.64. The molecule has 0 aromatic heterocycles. The Kier molecular flexibility index (Phi) is 5.98. The van der Waals surface area contributed by atoms with Crippen molar-refractivity contribution in [2.75, 3.05) is 20.1 Å². The largest absolute Gasteiger partial charge is 0.507 e. The van der Waals surface area contributed by atoms with Crippen molar-refractivity contribution >= 4 is 5.91 Å². The van der Waals surface area contributed by atoms with Crippen LogP contribution in [-0.4, -0.2) is 36.1 Å². The summed E-state index contributed by atoms with van der Waals surface area (Å²) in [6, 6.07) is 16.9. The monoisotopic (exact) mass is 298 g/mol. The molecule has 0 saturated carbocycles. The first-order valence-corrected chi connectivity index (χ1v) is 7.45. The highest BCUT2D eigenvalue weighted by atomic mass is 16.3. The molecule has 0 aliphatic carbocycles. The highest BCUT2D eigenvalue weighted by molar-refractivity contribution is 5.96. The molecule has 2 aromatic carbocycles. The summed E-state index contributed by atoms with van der Waals surface area (Å²) in [5, 5.41) is 12.5. The van der Waals surface area contributed by atoms with Crippen LogP contribution in [0.3, 0.4) is 0 Å². The Balaban J connectivity index is 1.69. The molecule has 0 aliphatic heterocycles. The minimum absolute atomic E-state index is 0.0150. The van der Waals surface area contributed by atoms with E-state index in [9.17, 15) is 9.90 Å². The molecular formula is C18H22N2O2. The number of rotatable bonds is 7. The third-order valence-electron chi connectivity index (χ3n) is 3.45. The van der Waals surface area contributed by atoms with E-state index in [2.05, 4.69) is 29.4 Å². The van der Waals surface area contributed by atoms with Crippen LogP contribution < -0.4 is 5.32 Å². The van der Waals surface area contributed by atoms with Gasteiger partial charge in [-0.25, -0.2) is 0 Å². The number of phenols is 1. The number of nitrogens with zero attached hydrogens (tertiary/aromatic N) is 1. The topological polar surface area (TPSA) is 52.6 Å². The van der Waals surface area contributed by atoms with E-state index < -0.39 is 0 Å². The maximum Gasteiger partial charge on any atom is 0.255 e. The van der Waals surface area contributed by atoms with Gasteiger partial charge in [0.15, 0.2) is 0 Å². The Labute approximate surface area is 131 Å². The van der Waals surface area contributed by atoms with E-state index in [1.165, 1.54) is 11.6 Å². The second kappa shape index (κ2) is 8.20. The molecule has 116 valence electrons. The SMILES string of the molecule is CN(CCCNC(=O)c1ccccc1O)Cc1ccccc1. The van der Waals surface area contributed by atoms with Crippen molar-refractivity contribution in [2.45, 2.75) is 13.0 Å². The molecule has 4 nitrogen and oxygen atoms in total. The van der Waals surface area contributed by atoms with Crippen LogP contribution in [-0.2, 0) is 6.54 Å². The van der Waals surface area contributed by atoms with Gasteiger partial charge in [-0.3, -0.25) is 4.79 Å². The van der Waals surface area contributed by atoms with Gasteiger partial charge in [-0.2, -0.15) is 0 Å². The first kappa shape index (κ1) is 16.0. The van der Waals surface area contributed by atoms with Gasteiger partial charge in [0.05, 0.1) is 5.56 Å². The third kappa shape index (κ3) is 4.90. The zero-order valence-corrected chi connectivity index (χ0v) is 12.8. The number of aromatic hydroxyl groups is 1. The highest BCUT2D eigenvalue weighted by Gasteiger charge is 2.09.